The van der Waals surface area contributed by atoms with Crippen molar-refractivity contribution in [3.8, 4) is 0 Å². The molecule has 0 unspecified atom stereocenters. The van der Waals surface area contributed by atoms with Crippen LogP contribution >= 0.6 is 15.9 Å². The Morgan fingerprint density at radius 1 is 1.50 bits per heavy atom. The highest BCUT2D eigenvalue weighted by Crippen LogP contribution is 2.17. The Labute approximate surface area is 115 Å². The van der Waals surface area contributed by atoms with E-state index in [0.29, 0.717) is 24.1 Å². The first-order valence-corrected chi connectivity index (χ1v) is 6.71. The van der Waals surface area contributed by atoms with Crippen LogP contribution in [0.5, 0.6) is 0 Å². The van der Waals surface area contributed by atoms with E-state index in [9.17, 15) is 9.18 Å². The van der Waals surface area contributed by atoms with E-state index in [-0.39, 0.29) is 11.7 Å². The zero-order valence-corrected chi connectivity index (χ0v) is 12.3. The summed E-state index contributed by atoms with van der Waals surface area (Å²) in [6.45, 7) is 3.67. The van der Waals surface area contributed by atoms with E-state index in [0.717, 1.165) is 12.0 Å². The van der Waals surface area contributed by atoms with Crippen molar-refractivity contribution in [2.45, 2.75) is 19.9 Å². The van der Waals surface area contributed by atoms with Crippen molar-refractivity contribution >= 4 is 21.8 Å². The lowest BCUT2D eigenvalue weighted by Crippen LogP contribution is -2.35. The zero-order chi connectivity index (χ0) is 13.5. The predicted octanol–water partition coefficient (Wildman–Crippen LogP) is 2.55. The molecule has 0 aliphatic carbocycles. The number of carbonyl (C=O) groups excluding carboxylic acids is 1. The minimum Gasteiger partial charge on any atom is -0.355 e. The van der Waals surface area contributed by atoms with Crippen LogP contribution in [0.25, 0.3) is 0 Å². The Bertz CT molecular complexity index is 412. The van der Waals surface area contributed by atoms with Crippen LogP contribution in [-0.4, -0.2) is 30.9 Å². The van der Waals surface area contributed by atoms with E-state index in [1.165, 1.54) is 6.07 Å². The molecule has 3 nitrogen and oxygen atoms in total. The van der Waals surface area contributed by atoms with Crippen molar-refractivity contribution < 1.29 is 9.18 Å². The van der Waals surface area contributed by atoms with Gasteiger partial charge in [-0.15, -0.1) is 0 Å². The number of carbonyl (C=O) groups is 1. The molecule has 0 saturated heterocycles. The SMILES string of the molecule is CCCNC(=O)CN(C)Cc1ccc(F)c(Br)c1. The van der Waals surface area contributed by atoms with Crippen LogP contribution in [0.2, 0.25) is 0 Å². The van der Waals surface area contributed by atoms with Crippen LogP contribution in [0.15, 0.2) is 22.7 Å². The summed E-state index contributed by atoms with van der Waals surface area (Å²) in [5, 5.41) is 2.82. The maximum absolute atomic E-state index is 13.1. The van der Waals surface area contributed by atoms with Gasteiger partial charge in [-0.25, -0.2) is 4.39 Å². The van der Waals surface area contributed by atoms with Crippen molar-refractivity contribution in [3.63, 3.8) is 0 Å². The van der Waals surface area contributed by atoms with Crippen LogP contribution in [-0.2, 0) is 11.3 Å². The molecule has 100 valence electrons. The number of likely N-dealkylation sites (N-methyl/N-ethyl adjacent to an activating group) is 1. The molecule has 0 aliphatic rings. The maximum atomic E-state index is 13.1. The summed E-state index contributed by atoms with van der Waals surface area (Å²) in [5.41, 5.74) is 0.967. The number of rotatable bonds is 6. The van der Waals surface area contributed by atoms with Gasteiger partial charge in [-0.2, -0.15) is 0 Å². The van der Waals surface area contributed by atoms with Crippen molar-refractivity contribution in [3.05, 3.63) is 34.1 Å². The molecule has 1 aromatic rings. The first-order valence-electron chi connectivity index (χ1n) is 5.92. The Kier molecular flexibility index (Phi) is 6.29. The van der Waals surface area contributed by atoms with Crippen molar-refractivity contribution in [1.29, 1.82) is 0 Å². The first kappa shape index (κ1) is 15.1. The van der Waals surface area contributed by atoms with Crippen molar-refractivity contribution in [2.75, 3.05) is 20.1 Å². The van der Waals surface area contributed by atoms with Gasteiger partial charge < -0.3 is 5.32 Å². The third kappa shape index (κ3) is 5.14. The highest BCUT2D eigenvalue weighted by atomic mass is 79.9. The predicted molar refractivity (Wildman–Crippen MR) is 73.7 cm³/mol. The second-order valence-corrected chi connectivity index (χ2v) is 5.13. The number of amides is 1. The summed E-state index contributed by atoms with van der Waals surface area (Å²) >= 11 is 3.15. The molecule has 0 aromatic heterocycles. The largest absolute Gasteiger partial charge is 0.355 e. The van der Waals surface area contributed by atoms with Crippen molar-refractivity contribution in [1.82, 2.24) is 10.2 Å². The minimum atomic E-state index is -0.276. The lowest BCUT2D eigenvalue weighted by Gasteiger charge is -2.16. The van der Waals surface area contributed by atoms with Crippen LogP contribution in [0.3, 0.4) is 0 Å². The molecule has 0 bridgehead atoms. The van der Waals surface area contributed by atoms with E-state index in [1.807, 2.05) is 18.9 Å². The van der Waals surface area contributed by atoms with Crippen molar-refractivity contribution in [2.24, 2.45) is 0 Å². The Hall–Kier alpha value is -0.940. The fourth-order valence-corrected chi connectivity index (χ4v) is 2.00. The zero-order valence-electron chi connectivity index (χ0n) is 10.7. The van der Waals surface area contributed by atoms with Crippen LogP contribution in [0.4, 0.5) is 4.39 Å². The number of hydrogen-bond acceptors (Lipinski definition) is 2. The number of nitrogens with zero attached hydrogens (tertiary/aromatic N) is 1. The standard InChI is InChI=1S/C13H18BrFN2O/c1-3-6-16-13(18)9-17(2)8-10-4-5-12(15)11(14)7-10/h4-5,7H,3,6,8-9H2,1-2H3,(H,16,18). The van der Waals surface area contributed by atoms with Gasteiger partial charge in [0.15, 0.2) is 0 Å². The van der Waals surface area contributed by atoms with E-state index >= 15 is 0 Å². The van der Waals surface area contributed by atoms with Gasteiger partial charge in [-0.05, 0) is 47.1 Å². The Balaban J connectivity index is 2.46. The second-order valence-electron chi connectivity index (χ2n) is 4.27. The van der Waals surface area contributed by atoms with Crippen LogP contribution < -0.4 is 5.32 Å². The van der Waals surface area contributed by atoms with Gasteiger partial charge in [0.2, 0.25) is 5.91 Å². The van der Waals surface area contributed by atoms with Gasteiger partial charge >= 0.3 is 0 Å². The van der Waals surface area contributed by atoms with Gasteiger partial charge in [-0.1, -0.05) is 13.0 Å². The molecule has 0 saturated carbocycles. The summed E-state index contributed by atoms with van der Waals surface area (Å²) in [5.74, 6) is -0.261. The monoisotopic (exact) mass is 316 g/mol. The average molecular weight is 317 g/mol. The highest BCUT2D eigenvalue weighted by Gasteiger charge is 2.07. The summed E-state index contributed by atoms with van der Waals surface area (Å²) in [6.07, 6.45) is 0.931. The molecule has 0 heterocycles. The molecule has 5 heteroatoms. The highest BCUT2D eigenvalue weighted by molar-refractivity contribution is 9.10. The van der Waals surface area contributed by atoms with Gasteiger partial charge in [0.1, 0.15) is 5.82 Å². The molecular formula is C13H18BrFN2O. The van der Waals surface area contributed by atoms with Crippen LogP contribution in [0, 0.1) is 5.82 Å². The van der Waals surface area contributed by atoms with E-state index in [2.05, 4.69) is 21.2 Å². The smallest absolute Gasteiger partial charge is 0.234 e. The third-order valence-corrected chi connectivity index (χ3v) is 3.03. The summed E-state index contributed by atoms with van der Waals surface area (Å²) < 4.78 is 13.5. The molecule has 0 spiro atoms. The maximum Gasteiger partial charge on any atom is 0.234 e. The van der Waals surface area contributed by atoms with Crippen LogP contribution in [0.1, 0.15) is 18.9 Å². The van der Waals surface area contributed by atoms with E-state index in [1.54, 1.807) is 12.1 Å². The molecule has 18 heavy (non-hydrogen) atoms. The number of halogens is 2. The molecule has 1 aromatic carbocycles. The second kappa shape index (κ2) is 7.48. The molecule has 1 rings (SSSR count). The number of benzene rings is 1. The quantitative estimate of drug-likeness (QED) is 0.874. The summed E-state index contributed by atoms with van der Waals surface area (Å²) in [7, 11) is 1.86. The molecule has 1 amide bonds. The van der Waals surface area contributed by atoms with Gasteiger partial charge in [-0.3, -0.25) is 9.69 Å². The molecular weight excluding hydrogens is 299 g/mol. The van der Waals surface area contributed by atoms with Gasteiger partial charge in [0.05, 0.1) is 11.0 Å². The summed E-state index contributed by atoms with van der Waals surface area (Å²) in [6, 6.07) is 4.88. The number of hydrogen-bond donors (Lipinski definition) is 1. The number of nitrogens with one attached hydrogen (secondary N) is 1. The normalized spacial score (nSPS) is 10.7. The Morgan fingerprint density at radius 2 is 2.22 bits per heavy atom. The fourth-order valence-electron chi connectivity index (χ4n) is 1.57. The van der Waals surface area contributed by atoms with E-state index in [4.69, 9.17) is 0 Å². The van der Waals surface area contributed by atoms with E-state index < -0.39 is 0 Å². The molecule has 1 N–H and O–H groups in total. The third-order valence-electron chi connectivity index (χ3n) is 2.42. The fraction of sp³-hybridized carbons (Fsp3) is 0.462. The average Bonchev–Trinajstić information content (AvgIpc) is 2.31. The molecule has 0 atom stereocenters. The first-order chi connectivity index (χ1) is 8.52. The summed E-state index contributed by atoms with van der Waals surface area (Å²) in [4.78, 5) is 13.4. The Morgan fingerprint density at radius 3 is 2.83 bits per heavy atom. The van der Waals surface area contributed by atoms with Gasteiger partial charge in [0, 0.05) is 13.1 Å². The minimum absolute atomic E-state index is 0.0144. The molecule has 0 fully saturated rings. The lowest BCUT2D eigenvalue weighted by molar-refractivity contribution is -0.122. The molecule has 0 aliphatic heterocycles. The molecule has 0 radical (unpaired) electrons. The lowest BCUT2D eigenvalue weighted by atomic mass is 10.2. The topological polar surface area (TPSA) is 32.3 Å². The van der Waals surface area contributed by atoms with Gasteiger partial charge in [0.25, 0.3) is 0 Å².